The van der Waals surface area contributed by atoms with Gasteiger partial charge in [-0.05, 0) is 41.5 Å². The number of alkyl halides is 1. The lowest BCUT2D eigenvalue weighted by Gasteiger charge is -2.36. The average molecular weight is 430 g/mol. The van der Waals surface area contributed by atoms with Crippen molar-refractivity contribution in [3.05, 3.63) is 19.9 Å². The molecule has 0 spiro atoms. The van der Waals surface area contributed by atoms with Gasteiger partial charge in [0.2, 0.25) is 0 Å². The largest absolute Gasteiger partial charge is 0.381 e. The number of hydrogen-bond donors (Lipinski definition) is 1. The molecular weight excluding hydrogens is 417 g/mol. The Morgan fingerprint density at radius 1 is 1.59 bits per heavy atom. The second-order valence-corrected chi connectivity index (χ2v) is 7.49. The monoisotopic (exact) mass is 429 g/mol. The summed E-state index contributed by atoms with van der Waals surface area (Å²) in [7, 11) is 0. The highest BCUT2D eigenvalue weighted by Gasteiger charge is 2.33. The third-order valence-corrected chi connectivity index (χ3v) is 5.78. The first-order valence-electron chi connectivity index (χ1n) is 5.35. The normalized spacial score (nSPS) is 18.9. The van der Waals surface area contributed by atoms with Crippen LogP contribution < -0.4 is 5.32 Å². The molecule has 2 heterocycles. The highest BCUT2D eigenvalue weighted by Crippen LogP contribution is 2.24. The summed E-state index contributed by atoms with van der Waals surface area (Å²) in [5.74, 6) is 0.0190. The van der Waals surface area contributed by atoms with Crippen LogP contribution in [0.1, 0.15) is 23.2 Å². The maximum atomic E-state index is 12.1. The molecule has 3 nitrogen and oxygen atoms in total. The van der Waals surface area contributed by atoms with Crippen molar-refractivity contribution in [2.24, 2.45) is 0 Å². The van der Waals surface area contributed by atoms with Crippen molar-refractivity contribution in [1.82, 2.24) is 5.32 Å². The zero-order valence-electron chi connectivity index (χ0n) is 9.17. The Balaban J connectivity index is 2.05. The number of hydrogen-bond acceptors (Lipinski definition) is 3. The maximum Gasteiger partial charge on any atom is 0.252 e. The van der Waals surface area contributed by atoms with E-state index in [9.17, 15) is 4.79 Å². The van der Waals surface area contributed by atoms with E-state index in [2.05, 4.69) is 43.8 Å². The summed E-state index contributed by atoms with van der Waals surface area (Å²) >= 11 is 7.32. The number of thiophene rings is 1. The minimum absolute atomic E-state index is 0.0190. The van der Waals surface area contributed by atoms with Gasteiger partial charge in [0.15, 0.2) is 0 Å². The van der Waals surface area contributed by atoms with Gasteiger partial charge >= 0.3 is 0 Å². The number of ether oxygens (including phenoxy) is 1. The van der Waals surface area contributed by atoms with E-state index < -0.39 is 0 Å². The van der Waals surface area contributed by atoms with Crippen molar-refractivity contribution in [3.8, 4) is 0 Å². The number of nitrogens with one attached hydrogen (secondary N) is 1. The highest BCUT2D eigenvalue weighted by atomic mass is 127. The number of rotatable bonds is 3. The maximum absolute atomic E-state index is 12.1. The van der Waals surface area contributed by atoms with Gasteiger partial charge < -0.3 is 10.1 Å². The number of halogens is 2. The van der Waals surface area contributed by atoms with Gasteiger partial charge in [-0.15, -0.1) is 11.3 Å². The van der Waals surface area contributed by atoms with E-state index in [-0.39, 0.29) is 11.4 Å². The molecule has 1 N–H and O–H groups in total. The third kappa shape index (κ3) is 3.42. The van der Waals surface area contributed by atoms with Gasteiger partial charge in [0, 0.05) is 23.9 Å². The molecule has 1 aliphatic rings. The van der Waals surface area contributed by atoms with Gasteiger partial charge in [-0.25, -0.2) is 0 Å². The zero-order chi connectivity index (χ0) is 12.3. The quantitative estimate of drug-likeness (QED) is 0.592. The highest BCUT2D eigenvalue weighted by molar-refractivity contribution is 14.1. The minimum atomic E-state index is -0.150. The average Bonchev–Trinajstić information content (AvgIpc) is 2.77. The standard InChI is InChI=1S/C11H13BrINO2S/c12-7-11(1-3-16-4-2-11)14-10(15)8-5-9(13)17-6-8/h5-6H,1-4,7H2,(H,14,15). The summed E-state index contributed by atoms with van der Waals surface area (Å²) in [5.41, 5.74) is 0.606. The lowest BCUT2D eigenvalue weighted by atomic mass is 9.92. The number of carbonyl (C=O) groups excluding carboxylic acids is 1. The molecule has 0 aliphatic carbocycles. The van der Waals surface area contributed by atoms with E-state index in [0.717, 1.165) is 26.6 Å². The fourth-order valence-corrected chi connectivity index (χ4v) is 3.82. The van der Waals surface area contributed by atoms with Crippen LogP contribution in [0.2, 0.25) is 0 Å². The van der Waals surface area contributed by atoms with Crippen LogP contribution >= 0.6 is 49.9 Å². The number of carbonyl (C=O) groups is 1. The van der Waals surface area contributed by atoms with E-state index in [1.807, 2.05) is 11.4 Å². The van der Waals surface area contributed by atoms with Gasteiger partial charge in [0.1, 0.15) is 0 Å². The molecule has 1 aliphatic heterocycles. The van der Waals surface area contributed by atoms with Crippen LogP contribution in [0.3, 0.4) is 0 Å². The van der Waals surface area contributed by atoms with E-state index >= 15 is 0 Å². The van der Waals surface area contributed by atoms with E-state index in [4.69, 9.17) is 4.74 Å². The molecular formula is C11H13BrINO2S. The Kier molecular flexibility index (Phi) is 4.85. The van der Waals surface area contributed by atoms with Crippen LogP contribution in [0.4, 0.5) is 0 Å². The molecule has 6 heteroatoms. The van der Waals surface area contributed by atoms with Crippen LogP contribution in [0, 0.1) is 2.88 Å². The van der Waals surface area contributed by atoms with Gasteiger partial charge in [-0.1, -0.05) is 15.9 Å². The fourth-order valence-electron chi connectivity index (χ4n) is 1.80. The summed E-state index contributed by atoms with van der Waals surface area (Å²) in [4.78, 5) is 12.1. The first-order valence-corrected chi connectivity index (χ1v) is 8.43. The second kappa shape index (κ2) is 5.99. The summed E-state index contributed by atoms with van der Waals surface area (Å²) in [5, 5.41) is 5.82. The predicted octanol–water partition coefficient (Wildman–Crippen LogP) is 3.03. The van der Waals surface area contributed by atoms with Crippen LogP contribution in [0.5, 0.6) is 0 Å². The molecule has 1 aromatic heterocycles. The predicted molar refractivity (Wildman–Crippen MR) is 81.1 cm³/mol. The lowest BCUT2D eigenvalue weighted by molar-refractivity contribution is 0.0442. The van der Waals surface area contributed by atoms with Gasteiger partial charge in [0.25, 0.3) is 5.91 Å². The van der Waals surface area contributed by atoms with Gasteiger partial charge in [0.05, 0.1) is 14.0 Å². The van der Waals surface area contributed by atoms with Crippen LogP contribution in [-0.4, -0.2) is 30.0 Å². The molecule has 94 valence electrons. The molecule has 0 unspecified atom stereocenters. The molecule has 0 atom stereocenters. The van der Waals surface area contributed by atoms with E-state index in [1.165, 1.54) is 0 Å². The third-order valence-electron chi connectivity index (χ3n) is 2.91. The SMILES string of the molecule is O=C(NC1(CBr)CCOCC1)c1csc(I)c1. The zero-order valence-corrected chi connectivity index (χ0v) is 13.7. The van der Waals surface area contributed by atoms with Crippen molar-refractivity contribution in [2.75, 3.05) is 18.5 Å². The smallest absolute Gasteiger partial charge is 0.252 e. The molecule has 0 aromatic carbocycles. The summed E-state index contributed by atoms with van der Waals surface area (Å²) < 4.78 is 6.48. The molecule has 0 bridgehead atoms. The van der Waals surface area contributed by atoms with Gasteiger partial charge in [-0.3, -0.25) is 4.79 Å². The fraction of sp³-hybridized carbons (Fsp3) is 0.545. The summed E-state index contributed by atoms with van der Waals surface area (Å²) in [6.07, 6.45) is 1.73. The van der Waals surface area contributed by atoms with Crippen molar-refractivity contribution < 1.29 is 9.53 Å². The molecule has 1 saturated heterocycles. The van der Waals surface area contributed by atoms with E-state index in [0.29, 0.717) is 13.2 Å². The summed E-state index contributed by atoms with van der Waals surface area (Å²) in [6.45, 7) is 1.43. The molecule has 1 amide bonds. The Morgan fingerprint density at radius 3 is 2.82 bits per heavy atom. The Morgan fingerprint density at radius 2 is 2.29 bits per heavy atom. The van der Waals surface area contributed by atoms with E-state index in [1.54, 1.807) is 11.3 Å². The Labute approximate surface area is 127 Å². The molecule has 0 radical (unpaired) electrons. The topological polar surface area (TPSA) is 38.3 Å². The second-order valence-electron chi connectivity index (χ2n) is 4.12. The van der Waals surface area contributed by atoms with Crippen molar-refractivity contribution in [3.63, 3.8) is 0 Å². The molecule has 17 heavy (non-hydrogen) atoms. The molecule has 1 aromatic rings. The summed E-state index contributed by atoms with van der Waals surface area (Å²) in [6, 6.07) is 1.92. The van der Waals surface area contributed by atoms with Crippen LogP contribution in [-0.2, 0) is 4.74 Å². The van der Waals surface area contributed by atoms with Crippen molar-refractivity contribution in [2.45, 2.75) is 18.4 Å². The first kappa shape index (κ1) is 13.8. The molecule has 0 saturated carbocycles. The van der Waals surface area contributed by atoms with Gasteiger partial charge in [-0.2, -0.15) is 0 Å². The first-order chi connectivity index (χ1) is 8.15. The Hall–Kier alpha value is 0.340. The van der Waals surface area contributed by atoms with Crippen LogP contribution in [0.25, 0.3) is 0 Å². The lowest BCUT2D eigenvalue weighted by Crippen LogP contribution is -2.53. The van der Waals surface area contributed by atoms with Crippen molar-refractivity contribution in [1.29, 1.82) is 0 Å². The molecule has 1 fully saturated rings. The van der Waals surface area contributed by atoms with Crippen molar-refractivity contribution >= 4 is 55.8 Å². The number of amides is 1. The Bertz CT molecular complexity index is 404. The minimum Gasteiger partial charge on any atom is -0.381 e. The van der Waals surface area contributed by atoms with Crippen LogP contribution in [0.15, 0.2) is 11.4 Å². The molecule has 2 rings (SSSR count).